The van der Waals surface area contributed by atoms with Gasteiger partial charge in [-0.2, -0.15) is 10.1 Å². The molecular weight excluding hydrogens is 580 g/mol. The van der Waals surface area contributed by atoms with Crippen molar-refractivity contribution in [1.82, 2.24) is 24.6 Å². The van der Waals surface area contributed by atoms with E-state index < -0.39 is 15.6 Å². The van der Waals surface area contributed by atoms with Crippen molar-refractivity contribution in [2.24, 2.45) is 7.05 Å². The molecule has 1 amide bonds. The summed E-state index contributed by atoms with van der Waals surface area (Å²) >= 11 is 0. The molecule has 1 aliphatic rings. The van der Waals surface area contributed by atoms with Gasteiger partial charge in [-0.3, -0.25) is 4.68 Å². The Bertz CT molecular complexity index is 1730. The molecule has 1 aliphatic heterocycles. The number of ether oxygens (including phenoxy) is 2. The van der Waals surface area contributed by atoms with E-state index >= 15 is 0 Å². The number of hydrogen-bond acceptors (Lipinski definition) is 8. The summed E-state index contributed by atoms with van der Waals surface area (Å²) < 4.78 is 41.7. The lowest BCUT2D eigenvalue weighted by molar-refractivity contribution is 0.0205. The van der Waals surface area contributed by atoms with E-state index in [0.717, 1.165) is 35.1 Å². The number of anilines is 1. The number of piperidine rings is 1. The lowest BCUT2D eigenvalue weighted by Gasteiger charge is -2.33. The van der Waals surface area contributed by atoms with E-state index in [9.17, 15) is 13.2 Å². The molecule has 11 nitrogen and oxygen atoms in total. The predicted octanol–water partition coefficient (Wildman–Crippen LogP) is 6.20. The highest BCUT2D eigenvalue weighted by molar-refractivity contribution is 7.92. The molecule has 44 heavy (non-hydrogen) atoms. The van der Waals surface area contributed by atoms with Gasteiger partial charge < -0.3 is 14.4 Å². The number of aromatic nitrogens is 4. The molecule has 12 heteroatoms. The maximum atomic E-state index is 13.1. The van der Waals surface area contributed by atoms with Gasteiger partial charge in [0.25, 0.3) is 10.0 Å². The number of nitrogens with one attached hydrogen (secondary N) is 1. The second-order valence-electron chi connectivity index (χ2n) is 12.0. The van der Waals surface area contributed by atoms with Crippen LogP contribution >= 0.6 is 0 Å². The molecule has 4 aromatic rings. The van der Waals surface area contributed by atoms with Crippen molar-refractivity contribution in [2.75, 3.05) is 17.8 Å². The van der Waals surface area contributed by atoms with Crippen molar-refractivity contribution < 1.29 is 22.7 Å². The largest absolute Gasteiger partial charge is 0.444 e. The molecule has 1 N–H and O–H groups in total. The van der Waals surface area contributed by atoms with Gasteiger partial charge in [0.15, 0.2) is 0 Å². The maximum Gasteiger partial charge on any atom is 0.410 e. The Balaban J connectivity index is 1.35. The summed E-state index contributed by atoms with van der Waals surface area (Å²) in [5.74, 6) is 0.940. The Labute approximate surface area is 258 Å². The molecule has 0 bridgehead atoms. The number of carbonyl (C=O) groups is 1. The van der Waals surface area contributed by atoms with Crippen LogP contribution in [0.3, 0.4) is 0 Å². The summed E-state index contributed by atoms with van der Waals surface area (Å²) in [5.41, 5.74) is 4.01. The summed E-state index contributed by atoms with van der Waals surface area (Å²) in [6.07, 6.45) is 4.07. The maximum absolute atomic E-state index is 13.1. The highest BCUT2D eigenvalue weighted by Crippen LogP contribution is 2.33. The third kappa shape index (κ3) is 7.36. The lowest BCUT2D eigenvalue weighted by Crippen LogP contribution is -2.41. The van der Waals surface area contributed by atoms with E-state index in [4.69, 9.17) is 9.47 Å². The molecule has 0 atom stereocenters. The molecule has 3 heterocycles. The number of hydrogen-bond donors (Lipinski definition) is 1. The third-order valence-corrected chi connectivity index (χ3v) is 8.66. The fourth-order valence-corrected chi connectivity index (χ4v) is 6.16. The van der Waals surface area contributed by atoms with E-state index in [1.54, 1.807) is 18.0 Å². The van der Waals surface area contributed by atoms with E-state index in [0.29, 0.717) is 30.5 Å². The van der Waals surface area contributed by atoms with Crippen LogP contribution in [0.25, 0.3) is 11.3 Å². The molecule has 0 unspecified atom stereocenters. The van der Waals surface area contributed by atoms with Gasteiger partial charge in [-0.15, -0.1) is 0 Å². The first kappa shape index (κ1) is 31.0. The summed E-state index contributed by atoms with van der Waals surface area (Å²) in [5, 5.41) is 3.96. The predicted molar refractivity (Wildman–Crippen MR) is 167 cm³/mol. The quantitative estimate of drug-likeness (QED) is 0.259. The lowest BCUT2D eigenvalue weighted by atomic mass is 9.89. The van der Waals surface area contributed by atoms with Gasteiger partial charge in [0, 0.05) is 38.0 Å². The van der Waals surface area contributed by atoms with Gasteiger partial charge in [0.2, 0.25) is 11.8 Å². The molecule has 1 saturated heterocycles. The van der Waals surface area contributed by atoms with Crippen LogP contribution in [0.5, 0.6) is 11.6 Å². The van der Waals surface area contributed by atoms with Crippen LogP contribution in [0.4, 0.5) is 10.7 Å². The minimum Gasteiger partial charge on any atom is -0.444 e. The Hall–Kier alpha value is -4.45. The number of amides is 1. The van der Waals surface area contributed by atoms with Crippen LogP contribution in [0, 0.1) is 13.8 Å². The van der Waals surface area contributed by atoms with Crippen molar-refractivity contribution in [2.45, 2.75) is 63.9 Å². The van der Waals surface area contributed by atoms with Crippen LogP contribution in [0.15, 0.2) is 65.8 Å². The number of carbonyl (C=O) groups excluding carboxylic acids is 1. The normalized spacial score (nSPS) is 14.4. The number of sulfonamides is 1. The number of nitrogens with zero attached hydrogens (tertiary/aromatic N) is 5. The van der Waals surface area contributed by atoms with Crippen LogP contribution in [-0.4, -0.2) is 57.8 Å². The zero-order valence-electron chi connectivity index (χ0n) is 25.9. The molecule has 0 saturated carbocycles. The zero-order chi connectivity index (χ0) is 31.6. The summed E-state index contributed by atoms with van der Waals surface area (Å²) in [6.45, 7) is 10.8. The van der Waals surface area contributed by atoms with Crippen molar-refractivity contribution in [3.8, 4) is 22.9 Å². The van der Waals surface area contributed by atoms with E-state index in [2.05, 4.69) is 19.8 Å². The van der Waals surface area contributed by atoms with Crippen molar-refractivity contribution >= 4 is 22.1 Å². The van der Waals surface area contributed by atoms with E-state index in [1.165, 1.54) is 17.1 Å². The van der Waals surface area contributed by atoms with Gasteiger partial charge in [0.05, 0.1) is 11.9 Å². The summed E-state index contributed by atoms with van der Waals surface area (Å²) in [4.78, 5) is 23.1. The van der Waals surface area contributed by atoms with Crippen molar-refractivity contribution in [1.29, 1.82) is 0 Å². The second-order valence-corrected chi connectivity index (χ2v) is 13.7. The van der Waals surface area contributed by atoms with Gasteiger partial charge in [0.1, 0.15) is 16.2 Å². The van der Waals surface area contributed by atoms with Crippen LogP contribution < -0.4 is 9.46 Å². The van der Waals surface area contributed by atoms with E-state index in [-0.39, 0.29) is 22.8 Å². The van der Waals surface area contributed by atoms with Gasteiger partial charge >= 0.3 is 6.09 Å². The molecular formula is C32H38N6O5S. The molecule has 5 rings (SSSR count). The Morgan fingerprint density at radius 3 is 2.25 bits per heavy atom. The van der Waals surface area contributed by atoms with Crippen LogP contribution in [0.2, 0.25) is 0 Å². The molecule has 2 aromatic heterocycles. The highest BCUT2D eigenvalue weighted by Gasteiger charge is 2.27. The Morgan fingerprint density at radius 1 is 1.00 bits per heavy atom. The molecule has 1 fully saturated rings. The highest BCUT2D eigenvalue weighted by atomic mass is 32.2. The first-order chi connectivity index (χ1) is 20.8. The number of aryl methyl sites for hydroxylation is 3. The zero-order valence-corrected chi connectivity index (χ0v) is 26.7. The monoisotopic (exact) mass is 618 g/mol. The third-order valence-electron chi connectivity index (χ3n) is 7.38. The number of likely N-dealkylation sites (tertiary alicyclic amines) is 1. The van der Waals surface area contributed by atoms with Crippen LogP contribution in [0.1, 0.15) is 56.2 Å². The molecule has 232 valence electrons. The number of rotatable bonds is 7. The minimum absolute atomic E-state index is 0.00365. The molecule has 0 spiro atoms. The van der Waals surface area contributed by atoms with Crippen molar-refractivity contribution in [3.05, 3.63) is 77.6 Å². The Kier molecular flexibility index (Phi) is 8.64. The molecule has 2 aromatic carbocycles. The molecule has 0 radical (unpaired) electrons. The fraction of sp³-hybridized carbons (Fsp3) is 0.375. The first-order valence-electron chi connectivity index (χ1n) is 14.5. The standard InChI is InChI=1S/C32H38N6O5S/c1-21-8-7-9-22(2)29(21)27-18-28(35-30(34-27)36-44(40,41)26-19-33-37(6)20-26)42-25-12-10-23(11-13-25)24-14-16-38(17-15-24)31(39)43-32(3,4)5/h7-13,18-20,24H,14-17H2,1-6H3,(H,34,35,36). The van der Waals surface area contributed by atoms with E-state index in [1.807, 2.05) is 77.1 Å². The van der Waals surface area contributed by atoms with Gasteiger partial charge in [-0.05, 0) is 82.2 Å². The summed E-state index contributed by atoms with van der Waals surface area (Å²) in [6, 6.07) is 15.4. The SMILES string of the molecule is Cc1cccc(C)c1-c1cc(Oc2ccc(C3CCN(C(=O)OC(C)(C)C)CC3)cc2)nc(NS(=O)(=O)c2cnn(C)c2)n1. The summed E-state index contributed by atoms with van der Waals surface area (Å²) in [7, 11) is -2.34. The average molecular weight is 619 g/mol. The first-order valence-corrected chi connectivity index (χ1v) is 16.0. The average Bonchev–Trinajstić information content (AvgIpc) is 3.40. The topological polar surface area (TPSA) is 129 Å². The molecule has 0 aliphatic carbocycles. The Morgan fingerprint density at radius 2 is 1.66 bits per heavy atom. The van der Waals surface area contributed by atoms with Crippen molar-refractivity contribution in [3.63, 3.8) is 0 Å². The van der Waals surface area contributed by atoms with Gasteiger partial charge in [-0.1, -0.05) is 30.3 Å². The second kappa shape index (κ2) is 12.3. The minimum atomic E-state index is -3.98. The smallest absolute Gasteiger partial charge is 0.410 e. The number of benzene rings is 2. The fourth-order valence-electron chi connectivity index (χ4n) is 5.24. The van der Waals surface area contributed by atoms with Crippen LogP contribution in [-0.2, 0) is 21.8 Å². The van der Waals surface area contributed by atoms with Gasteiger partial charge in [-0.25, -0.2) is 22.9 Å².